The van der Waals surface area contributed by atoms with Crippen LogP contribution in [0.3, 0.4) is 0 Å². The maximum absolute atomic E-state index is 13.6. The molecule has 2 aromatic heterocycles. The number of carbonyl (C=O) groups is 5. The van der Waals surface area contributed by atoms with E-state index in [-0.39, 0.29) is 82.5 Å². The van der Waals surface area contributed by atoms with E-state index in [0.717, 1.165) is 15.7 Å². The van der Waals surface area contributed by atoms with Gasteiger partial charge in [0.2, 0.25) is 17.6 Å². The van der Waals surface area contributed by atoms with Crippen molar-refractivity contribution in [1.29, 1.82) is 0 Å². The van der Waals surface area contributed by atoms with Crippen LogP contribution in [-0.4, -0.2) is 96.1 Å². The Morgan fingerprint density at radius 3 is 2.33 bits per heavy atom. The third kappa shape index (κ3) is 7.48. The largest absolute Gasteiger partial charge is 0.508 e. The summed E-state index contributed by atoms with van der Waals surface area (Å²) >= 11 is 0. The summed E-state index contributed by atoms with van der Waals surface area (Å²) < 4.78 is 15.1. The smallest absolute Gasteiger partial charge is 0.416 e. The number of hydrogen-bond donors (Lipinski definition) is 5. The number of carboxylic acid groups (broad SMARTS) is 1. The van der Waals surface area contributed by atoms with E-state index < -0.39 is 35.8 Å². The number of aromatic nitrogens is 4. The van der Waals surface area contributed by atoms with Crippen molar-refractivity contribution in [2.75, 3.05) is 25.7 Å². The maximum Gasteiger partial charge on any atom is 0.416 e. The molecule has 6 aromatic rings. The molecule has 324 valence electrons. The molecule has 18 nitrogen and oxygen atoms in total. The first-order valence-electron chi connectivity index (χ1n) is 20.2. The van der Waals surface area contributed by atoms with Gasteiger partial charge in [-0.25, -0.2) is 9.69 Å². The summed E-state index contributed by atoms with van der Waals surface area (Å²) in [7, 11) is 2.82. The monoisotopic (exact) mass is 856 g/mol. The first kappa shape index (κ1) is 41.8. The minimum atomic E-state index is -1.38. The summed E-state index contributed by atoms with van der Waals surface area (Å²) in [5.74, 6) is -1.76. The Bertz CT molecular complexity index is 2840. The molecular weight excluding hydrogens is 813 g/mol. The Morgan fingerprint density at radius 1 is 0.937 bits per heavy atom. The van der Waals surface area contributed by atoms with Gasteiger partial charge in [0.25, 0.3) is 11.8 Å². The van der Waals surface area contributed by atoms with E-state index in [1.165, 1.54) is 25.2 Å². The first-order chi connectivity index (χ1) is 30.2. The predicted octanol–water partition coefficient (Wildman–Crippen LogP) is 5.82. The zero-order chi connectivity index (χ0) is 44.9. The number of methoxy groups -OCH3 is 2. The first-order valence-corrected chi connectivity index (χ1v) is 20.2. The molecular formula is C45H44N8O10. The van der Waals surface area contributed by atoms with Gasteiger partial charge in [-0.3, -0.25) is 29.1 Å². The zero-order valence-electron chi connectivity index (χ0n) is 35.0. The number of ether oxygens (including phenoxy) is 2. The van der Waals surface area contributed by atoms with Gasteiger partial charge in [-0.15, -0.1) is 10.2 Å². The number of nitrogens with zero attached hydrogens (tertiary/aromatic N) is 6. The number of nitrogens with one attached hydrogen (secondary N) is 2. The molecule has 0 saturated carbocycles. The Hall–Kier alpha value is -7.89. The van der Waals surface area contributed by atoms with Crippen LogP contribution in [0.25, 0.3) is 27.8 Å². The van der Waals surface area contributed by atoms with E-state index in [1.54, 1.807) is 47.9 Å². The second-order valence-electron chi connectivity index (χ2n) is 15.5. The minimum Gasteiger partial charge on any atom is -0.508 e. The fourth-order valence-corrected chi connectivity index (χ4v) is 8.31. The SMILES string of the molecule is CCNC(=O)c1nnc(-c2cc(C(C)C)c(O)cc2O)n1-c1ccc2cn(Cc3cc(OC)c(N(C(=O)O)c4cccc5c4CN(C4CCC(=O)NC4=O)C5=O)c(OC)c3)cc2c1. The number of phenolic OH excluding ortho intramolecular Hbond substituents is 2. The number of phenols is 2. The van der Waals surface area contributed by atoms with Gasteiger partial charge in [0, 0.05) is 61.0 Å². The summed E-state index contributed by atoms with van der Waals surface area (Å²) in [6.07, 6.45) is 2.67. The van der Waals surface area contributed by atoms with E-state index in [1.807, 2.05) is 49.0 Å². The Kier molecular flexibility index (Phi) is 11.0. The molecule has 18 heteroatoms. The van der Waals surface area contributed by atoms with Crippen molar-refractivity contribution >= 4 is 51.9 Å². The van der Waals surface area contributed by atoms with Crippen LogP contribution < -0.4 is 25.0 Å². The van der Waals surface area contributed by atoms with Crippen LogP contribution in [0.15, 0.2) is 73.1 Å². The van der Waals surface area contributed by atoms with Gasteiger partial charge in [0.1, 0.15) is 34.7 Å². The summed E-state index contributed by atoms with van der Waals surface area (Å²) in [6.45, 7) is 6.18. The Balaban J connectivity index is 1.14. The highest BCUT2D eigenvalue weighted by Crippen LogP contribution is 2.46. The highest BCUT2D eigenvalue weighted by Gasteiger charge is 2.41. The van der Waals surface area contributed by atoms with Crippen molar-refractivity contribution in [2.45, 2.75) is 58.7 Å². The summed E-state index contributed by atoms with van der Waals surface area (Å²) in [6, 6.07) is 15.7. The molecule has 1 fully saturated rings. The van der Waals surface area contributed by atoms with E-state index >= 15 is 0 Å². The highest BCUT2D eigenvalue weighted by atomic mass is 16.5. The number of carbonyl (C=O) groups excluding carboxylic acids is 4. The van der Waals surface area contributed by atoms with Gasteiger partial charge in [0.15, 0.2) is 5.82 Å². The lowest BCUT2D eigenvalue weighted by Gasteiger charge is -2.29. The highest BCUT2D eigenvalue weighted by molar-refractivity contribution is 6.08. The standard InChI is InChI=1S/C45H44N8O10/c1-6-46-43(58)41-49-48-40(30-17-29(23(2)3)34(54)18-35(30)55)52(41)27-11-10-25-20-50(21-26(25)16-27)19-24-14-36(62-4)39(37(15-24)63-5)53(45(60)61)32-9-7-8-28-31(32)22-51(44(28)59)33-12-13-38(56)47-42(33)57/h7-11,14-18,20-21,23,33,54-55H,6,12-13,19,22H2,1-5H3,(H,46,58)(H,60,61)(H,47,56,57). The number of anilines is 2. The Morgan fingerprint density at radius 2 is 1.67 bits per heavy atom. The Labute approximate surface area is 360 Å². The third-order valence-corrected chi connectivity index (χ3v) is 11.3. The normalized spacial score (nSPS) is 14.9. The fraction of sp³-hybridized carbons (Fsp3) is 0.267. The molecule has 63 heavy (non-hydrogen) atoms. The summed E-state index contributed by atoms with van der Waals surface area (Å²) in [5.41, 5.74) is 2.97. The van der Waals surface area contributed by atoms with Crippen molar-refractivity contribution in [3.63, 3.8) is 0 Å². The van der Waals surface area contributed by atoms with E-state index in [0.29, 0.717) is 35.5 Å². The van der Waals surface area contributed by atoms with E-state index in [2.05, 4.69) is 20.8 Å². The summed E-state index contributed by atoms with van der Waals surface area (Å²) in [4.78, 5) is 67.0. The molecule has 1 unspecified atom stereocenters. The van der Waals surface area contributed by atoms with Crippen LogP contribution in [-0.2, 0) is 22.7 Å². The molecule has 0 aliphatic carbocycles. The fourth-order valence-electron chi connectivity index (χ4n) is 8.31. The zero-order valence-corrected chi connectivity index (χ0v) is 35.0. The summed E-state index contributed by atoms with van der Waals surface area (Å²) in [5, 5.41) is 47.5. The number of hydrogen-bond acceptors (Lipinski definition) is 11. The van der Waals surface area contributed by atoms with Crippen LogP contribution in [0.4, 0.5) is 16.2 Å². The number of aromatic hydroxyl groups is 2. The molecule has 0 spiro atoms. The van der Waals surface area contributed by atoms with E-state index in [4.69, 9.17) is 9.47 Å². The lowest BCUT2D eigenvalue weighted by atomic mass is 9.98. The van der Waals surface area contributed by atoms with Crippen LogP contribution in [0.2, 0.25) is 0 Å². The second kappa shape index (κ2) is 16.5. The molecule has 4 aromatic carbocycles. The van der Waals surface area contributed by atoms with Gasteiger partial charge < -0.3 is 39.6 Å². The van der Waals surface area contributed by atoms with Gasteiger partial charge in [0.05, 0.1) is 31.2 Å². The van der Waals surface area contributed by atoms with Gasteiger partial charge >= 0.3 is 6.09 Å². The van der Waals surface area contributed by atoms with Crippen LogP contribution >= 0.6 is 0 Å². The van der Waals surface area contributed by atoms with E-state index in [9.17, 15) is 39.3 Å². The number of rotatable bonds is 12. The molecule has 5 N–H and O–H groups in total. The number of fused-ring (bicyclic) bond motifs is 2. The number of piperidine rings is 1. The van der Waals surface area contributed by atoms with Crippen LogP contribution in [0.5, 0.6) is 23.0 Å². The lowest BCUT2D eigenvalue weighted by molar-refractivity contribution is -0.136. The maximum atomic E-state index is 13.6. The number of amides is 5. The van der Waals surface area contributed by atoms with Crippen molar-refractivity contribution in [2.24, 2.45) is 0 Å². The second-order valence-corrected chi connectivity index (χ2v) is 15.5. The molecule has 1 atom stereocenters. The molecule has 1 saturated heterocycles. The molecule has 8 rings (SSSR count). The van der Waals surface area contributed by atoms with Crippen molar-refractivity contribution in [1.82, 2.24) is 34.9 Å². The quantitative estimate of drug-likeness (QED) is 0.0918. The number of imide groups is 1. The number of benzene rings is 4. The minimum absolute atomic E-state index is 0.00223. The third-order valence-electron chi connectivity index (χ3n) is 11.3. The van der Waals surface area contributed by atoms with Crippen molar-refractivity contribution in [3.8, 4) is 40.1 Å². The predicted molar refractivity (Wildman–Crippen MR) is 229 cm³/mol. The molecule has 0 bridgehead atoms. The van der Waals surface area contributed by atoms with Gasteiger partial charge in [-0.1, -0.05) is 26.0 Å². The molecule has 2 aliphatic rings. The molecule has 5 amide bonds. The van der Waals surface area contributed by atoms with Gasteiger partial charge in [-0.2, -0.15) is 0 Å². The molecule has 0 radical (unpaired) electrons. The average molecular weight is 857 g/mol. The van der Waals surface area contributed by atoms with Gasteiger partial charge in [-0.05, 0) is 78.2 Å². The van der Waals surface area contributed by atoms with Crippen LogP contribution in [0, 0.1) is 0 Å². The van der Waals surface area contributed by atoms with Crippen molar-refractivity contribution < 1.29 is 48.8 Å². The topological polar surface area (TPSA) is 231 Å². The van der Waals surface area contributed by atoms with Crippen molar-refractivity contribution in [3.05, 3.63) is 101 Å². The van der Waals surface area contributed by atoms with Crippen LogP contribution in [0.1, 0.15) is 77.2 Å². The lowest BCUT2D eigenvalue weighted by Crippen LogP contribution is -2.52. The average Bonchev–Trinajstić information content (AvgIpc) is 3.96. The molecule has 2 aliphatic heterocycles. The molecule has 4 heterocycles.